The van der Waals surface area contributed by atoms with Crippen molar-refractivity contribution in [2.24, 2.45) is 10.4 Å². The Morgan fingerprint density at radius 2 is 1.89 bits per heavy atom. The Balaban J connectivity index is 0.00000261. The van der Waals surface area contributed by atoms with Crippen molar-refractivity contribution in [3.05, 3.63) is 0 Å². The van der Waals surface area contributed by atoms with Gasteiger partial charge < -0.3 is 20.1 Å². The minimum atomic E-state index is 0. The van der Waals surface area contributed by atoms with Gasteiger partial charge in [-0.25, -0.2) is 0 Å². The first-order chi connectivity index (χ1) is 12.7. The molecule has 3 aliphatic rings. The molecule has 0 aromatic rings. The van der Waals surface area contributed by atoms with Gasteiger partial charge >= 0.3 is 0 Å². The molecular weight excluding hydrogens is 473 g/mol. The van der Waals surface area contributed by atoms with E-state index in [2.05, 4.69) is 28.8 Å². The lowest BCUT2D eigenvalue weighted by Gasteiger charge is -2.58. The first kappa shape index (κ1) is 23.5. The minimum Gasteiger partial charge on any atom is -0.381 e. The number of nitrogens with zero attached hydrogens (tertiary/aromatic N) is 1. The average molecular weight is 512 g/mol. The molecule has 3 rings (SSSR count). The number of ether oxygens (including phenoxy) is 2. The van der Waals surface area contributed by atoms with Crippen LogP contribution in [0.4, 0.5) is 0 Å². The predicted octanol–water partition coefficient (Wildman–Crippen LogP) is 3.81. The minimum absolute atomic E-state index is 0. The van der Waals surface area contributed by atoms with Gasteiger partial charge in [-0.2, -0.15) is 11.8 Å². The summed E-state index contributed by atoms with van der Waals surface area (Å²) in [5.41, 5.74) is 0.321. The van der Waals surface area contributed by atoms with Gasteiger partial charge in [0, 0.05) is 49.6 Å². The topological polar surface area (TPSA) is 54.9 Å². The number of guanidine groups is 1. The van der Waals surface area contributed by atoms with Crippen LogP contribution in [0.3, 0.4) is 0 Å². The lowest BCUT2D eigenvalue weighted by Crippen LogP contribution is -2.67. The Morgan fingerprint density at radius 3 is 2.48 bits per heavy atom. The maximum atomic E-state index is 6.09. The summed E-state index contributed by atoms with van der Waals surface area (Å²) in [6, 6.07) is 0.491. The molecule has 158 valence electrons. The summed E-state index contributed by atoms with van der Waals surface area (Å²) in [4.78, 5) is 4.52. The zero-order valence-electron chi connectivity index (χ0n) is 17.2. The third-order valence-electron chi connectivity index (χ3n) is 6.89. The third kappa shape index (κ3) is 5.25. The molecule has 1 aliphatic heterocycles. The van der Waals surface area contributed by atoms with Crippen LogP contribution >= 0.6 is 35.7 Å². The number of hydrogen-bond donors (Lipinski definition) is 2. The second kappa shape index (κ2) is 10.9. The van der Waals surface area contributed by atoms with E-state index in [0.717, 1.165) is 51.6 Å². The maximum absolute atomic E-state index is 6.09. The Bertz CT molecular complexity index is 480. The van der Waals surface area contributed by atoms with Crippen molar-refractivity contribution in [2.75, 3.05) is 39.7 Å². The maximum Gasteiger partial charge on any atom is 0.191 e. The molecule has 5 nitrogen and oxygen atoms in total. The fourth-order valence-electron chi connectivity index (χ4n) is 5.07. The number of thioether (sulfide) groups is 1. The Labute approximate surface area is 186 Å². The van der Waals surface area contributed by atoms with Crippen LogP contribution in [0.15, 0.2) is 4.99 Å². The van der Waals surface area contributed by atoms with E-state index in [0.29, 0.717) is 17.6 Å². The third-order valence-corrected chi connectivity index (χ3v) is 8.31. The zero-order chi connectivity index (χ0) is 18.5. The van der Waals surface area contributed by atoms with E-state index in [4.69, 9.17) is 9.47 Å². The van der Waals surface area contributed by atoms with Crippen LogP contribution in [-0.4, -0.2) is 62.5 Å². The molecule has 1 saturated heterocycles. The average Bonchev–Trinajstić information content (AvgIpc) is 2.71. The molecule has 7 heteroatoms. The van der Waals surface area contributed by atoms with Crippen molar-refractivity contribution in [1.82, 2.24) is 10.6 Å². The standard InChI is InChI=1S/C20H37N3O2S.HI/c1-4-25-17-14-16(20(17)8-6-5-7-9-20)23-18(21-2)22-15-19(26-3)10-12-24-13-11-19;/h16-17H,4-15H2,1-3H3,(H2,21,22,23);1H. The molecular formula is C20H38IN3O2S. The number of rotatable bonds is 6. The van der Waals surface area contributed by atoms with E-state index in [1.54, 1.807) is 0 Å². The van der Waals surface area contributed by atoms with Crippen molar-refractivity contribution < 1.29 is 9.47 Å². The van der Waals surface area contributed by atoms with Crippen molar-refractivity contribution in [1.29, 1.82) is 0 Å². The van der Waals surface area contributed by atoms with Crippen LogP contribution in [0.1, 0.15) is 58.3 Å². The quantitative estimate of drug-likeness (QED) is 0.323. The van der Waals surface area contributed by atoms with Crippen molar-refractivity contribution in [3.8, 4) is 0 Å². The molecule has 27 heavy (non-hydrogen) atoms. The molecule has 2 atom stereocenters. The molecule has 2 N–H and O–H groups in total. The molecule has 2 saturated carbocycles. The van der Waals surface area contributed by atoms with Gasteiger partial charge in [-0.15, -0.1) is 24.0 Å². The second-order valence-corrected chi connectivity index (χ2v) is 9.37. The normalized spacial score (nSPS) is 29.5. The number of halogens is 1. The Hall–Kier alpha value is 0.270. The summed E-state index contributed by atoms with van der Waals surface area (Å²) >= 11 is 1.97. The molecule has 3 fully saturated rings. The second-order valence-electron chi connectivity index (χ2n) is 8.10. The Morgan fingerprint density at radius 1 is 1.19 bits per heavy atom. The van der Waals surface area contributed by atoms with E-state index in [9.17, 15) is 0 Å². The van der Waals surface area contributed by atoms with Gasteiger partial charge in [-0.05, 0) is 45.3 Å². The molecule has 2 aliphatic carbocycles. The monoisotopic (exact) mass is 511 g/mol. The summed E-state index contributed by atoms with van der Waals surface area (Å²) in [6.07, 6.45) is 12.6. The Kier molecular flexibility index (Phi) is 9.49. The first-order valence-electron chi connectivity index (χ1n) is 10.4. The van der Waals surface area contributed by atoms with E-state index in [1.165, 1.54) is 32.1 Å². The molecule has 0 aromatic carbocycles. The highest BCUT2D eigenvalue weighted by Crippen LogP contribution is 2.53. The summed E-state index contributed by atoms with van der Waals surface area (Å²) < 4.78 is 11.9. The fraction of sp³-hybridized carbons (Fsp3) is 0.950. The van der Waals surface area contributed by atoms with Gasteiger partial charge in [-0.3, -0.25) is 4.99 Å². The van der Waals surface area contributed by atoms with Crippen LogP contribution in [0.5, 0.6) is 0 Å². The van der Waals surface area contributed by atoms with E-state index in [-0.39, 0.29) is 28.7 Å². The SMILES string of the molecule is CCOC1CC(NC(=NC)NCC2(SC)CCOCC2)C12CCCCC2.I. The van der Waals surface area contributed by atoms with E-state index < -0.39 is 0 Å². The number of nitrogens with one attached hydrogen (secondary N) is 2. The molecule has 0 bridgehead atoms. The molecule has 0 aromatic heterocycles. The van der Waals surface area contributed by atoms with Gasteiger partial charge in [0.2, 0.25) is 0 Å². The van der Waals surface area contributed by atoms with Gasteiger partial charge in [0.1, 0.15) is 0 Å². The van der Waals surface area contributed by atoms with Gasteiger partial charge in [0.15, 0.2) is 5.96 Å². The fourth-order valence-corrected chi connectivity index (χ4v) is 5.86. The van der Waals surface area contributed by atoms with Crippen molar-refractivity contribution in [2.45, 2.75) is 75.2 Å². The number of aliphatic imine (C=N–C) groups is 1. The van der Waals surface area contributed by atoms with Crippen molar-refractivity contribution in [3.63, 3.8) is 0 Å². The summed E-state index contributed by atoms with van der Waals surface area (Å²) in [7, 11) is 1.89. The summed E-state index contributed by atoms with van der Waals surface area (Å²) in [6.45, 7) is 5.64. The molecule has 0 radical (unpaired) electrons. The highest BCUT2D eigenvalue weighted by molar-refractivity contribution is 14.0. The predicted molar refractivity (Wildman–Crippen MR) is 126 cm³/mol. The van der Waals surface area contributed by atoms with Crippen LogP contribution < -0.4 is 10.6 Å². The smallest absolute Gasteiger partial charge is 0.191 e. The van der Waals surface area contributed by atoms with Gasteiger partial charge in [0.05, 0.1) is 6.10 Å². The zero-order valence-corrected chi connectivity index (χ0v) is 20.4. The molecule has 1 heterocycles. The van der Waals surface area contributed by atoms with Crippen LogP contribution in [-0.2, 0) is 9.47 Å². The van der Waals surface area contributed by atoms with Crippen LogP contribution in [0, 0.1) is 5.41 Å². The summed E-state index contributed by atoms with van der Waals surface area (Å²) in [5.74, 6) is 0.954. The first-order valence-corrected chi connectivity index (χ1v) is 11.6. The van der Waals surface area contributed by atoms with Crippen LogP contribution in [0.2, 0.25) is 0 Å². The molecule has 2 unspecified atom stereocenters. The van der Waals surface area contributed by atoms with Gasteiger partial charge in [0.25, 0.3) is 0 Å². The largest absolute Gasteiger partial charge is 0.381 e. The van der Waals surface area contributed by atoms with E-state index in [1.807, 2.05) is 18.8 Å². The van der Waals surface area contributed by atoms with Gasteiger partial charge in [-0.1, -0.05) is 19.3 Å². The lowest BCUT2D eigenvalue weighted by atomic mass is 9.55. The lowest BCUT2D eigenvalue weighted by molar-refractivity contribution is -0.145. The molecule has 0 amide bonds. The molecule has 1 spiro atoms. The van der Waals surface area contributed by atoms with Crippen molar-refractivity contribution >= 4 is 41.7 Å². The van der Waals surface area contributed by atoms with E-state index >= 15 is 0 Å². The summed E-state index contributed by atoms with van der Waals surface area (Å²) in [5, 5.41) is 7.37. The van der Waals surface area contributed by atoms with Crippen LogP contribution in [0.25, 0.3) is 0 Å². The highest BCUT2D eigenvalue weighted by Gasteiger charge is 2.55. The number of hydrogen-bond acceptors (Lipinski definition) is 4. The highest BCUT2D eigenvalue weighted by atomic mass is 127.